The van der Waals surface area contributed by atoms with Crippen molar-refractivity contribution in [1.82, 2.24) is 4.57 Å². The van der Waals surface area contributed by atoms with Crippen LogP contribution in [0.2, 0.25) is 6.04 Å². The topological polar surface area (TPSA) is 3.24 Å². The molecule has 0 aliphatic carbocycles. The third-order valence-electron chi connectivity index (χ3n) is 1.09. The highest BCUT2D eigenvalue weighted by atomic mass is 35.6. The molecule has 0 rings (SSSR count). The Bertz CT molecular complexity index is 58.4. The maximum atomic E-state index is 5.98. The number of rotatable bonds is 3. The van der Waals surface area contributed by atoms with Gasteiger partial charge in [0.05, 0.1) is 0 Å². The summed E-state index contributed by atoms with van der Waals surface area (Å²) in [6.45, 7) is 2.17. The largest absolute Gasteiger partial charge is 0.320 e. The van der Waals surface area contributed by atoms with Gasteiger partial charge in [0.15, 0.2) is 0 Å². The van der Waals surface area contributed by atoms with Gasteiger partial charge in [0.1, 0.15) is 0 Å². The molecule has 0 aliphatic rings. The summed E-state index contributed by atoms with van der Waals surface area (Å²) in [6.07, 6.45) is 1.22. The Morgan fingerprint density at radius 2 is 2.00 bits per heavy atom. The van der Waals surface area contributed by atoms with Crippen LogP contribution in [-0.4, -0.2) is 26.9 Å². The van der Waals surface area contributed by atoms with Crippen molar-refractivity contribution in [3.05, 3.63) is 0 Å². The summed E-state index contributed by atoms with van der Waals surface area (Å²) in [5.74, 6) is 0. The highest BCUT2D eigenvalue weighted by Crippen LogP contribution is 2.02. The highest BCUT2D eigenvalue weighted by molar-refractivity contribution is 7.05. The Kier molecular flexibility index (Phi) is 4.61. The zero-order valence-corrected chi connectivity index (χ0v) is 7.73. The van der Waals surface area contributed by atoms with E-state index in [4.69, 9.17) is 11.1 Å². The summed E-state index contributed by atoms with van der Waals surface area (Å²) >= 11 is 5.98. The van der Waals surface area contributed by atoms with Crippen LogP contribution in [0.15, 0.2) is 0 Å². The predicted octanol–water partition coefficient (Wildman–Crippen LogP) is 1.42. The molecule has 0 N–H and O–H groups in total. The molecule has 0 aromatic rings. The van der Waals surface area contributed by atoms with E-state index in [-0.39, 0.29) is 0 Å². The first-order valence-electron chi connectivity index (χ1n) is 2.99. The van der Waals surface area contributed by atoms with Crippen LogP contribution in [-0.2, 0) is 0 Å². The molecule has 0 radical (unpaired) electrons. The van der Waals surface area contributed by atoms with E-state index in [0.29, 0.717) is 0 Å². The molecule has 0 bridgehead atoms. The van der Waals surface area contributed by atoms with Crippen LogP contribution in [0.5, 0.6) is 0 Å². The molecule has 0 aliphatic heterocycles. The predicted molar refractivity (Wildman–Crippen MR) is 41.8 cm³/mol. The summed E-state index contributed by atoms with van der Waals surface area (Å²) in [5.41, 5.74) is 0. The molecule has 0 heterocycles. The molecule has 0 saturated heterocycles. The van der Waals surface area contributed by atoms with Gasteiger partial charge in [-0.15, -0.1) is 0 Å². The number of hydrogen-bond acceptors (Lipinski definition) is 1. The Balaban J connectivity index is 3.17. The van der Waals surface area contributed by atoms with Gasteiger partial charge >= 0.3 is 0 Å². The van der Waals surface area contributed by atoms with E-state index in [9.17, 15) is 0 Å². The van der Waals surface area contributed by atoms with E-state index in [1.807, 2.05) is 0 Å². The van der Waals surface area contributed by atoms with Crippen molar-refractivity contribution in [2.45, 2.75) is 19.4 Å². The summed E-state index contributed by atoms with van der Waals surface area (Å²) in [6, 6.07) is 1.22. The third kappa shape index (κ3) is 3.47. The Hall–Kier alpha value is 0.467. The molecule has 3 heteroatoms. The SMILES string of the molecule is CCC[SiH](Cl)N(C)C. The van der Waals surface area contributed by atoms with E-state index < -0.39 is 8.27 Å². The molecule has 0 fully saturated rings. The highest BCUT2D eigenvalue weighted by Gasteiger charge is 2.06. The summed E-state index contributed by atoms with van der Waals surface area (Å²) in [5, 5.41) is 0. The fourth-order valence-electron chi connectivity index (χ4n) is 0.496. The van der Waals surface area contributed by atoms with Gasteiger partial charge in [0, 0.05) is 0 Å². The lowest BCUT2D eigenvalue weighted by Gasteiger charge is -2.13. The normalized spacial score (nSPS) is 14.6. The van der Waals surface area contributed by atoms with E-state index in [1.54, 1.807) is 0 Å². The summed E-state index contributed by atoms with van der Waals surface area (Å²) in [7, 11) is 3.14. The zero-order chi connectivity index (χ0) is 6.57. The van der Waals surface area contributed by atoms with Crippen molar-refractivity contribution in [2.75, 3.05) is 14.1 Å². The minimum absolute atomic E-state index is 0.970. The minimum atomic E-state index is -0.970. The van der Waals surface area contributed by atoms with Gasteiger partial charge in [-0.1, -0.05) is 13.3 Å². The second kappa shape index (κ2) is 4.36. The number of nitrogens with zero attached hydrogens (tertiary/aromatic N) is 1. The molecule has 1 unspecified atom stereocenters. The molecule has 8 heavy (non-hydrogen) atoms. The van der Waals surface area contributed by atoms with Crippen molar-refractivity contribution >= 4 is 19.3 Å². The van der Waals surface area contributed by atoms with Crippen molar-refractivity contribution in [3.8, 4) is 0 Å². The summed E-state index contributed by atoms with van der Waals surface area (Å²) < 4.78 is 2.16. The maximum Gasteiger partial charge on any atom is 0.213 e. The first-order valence-corrected chi connectivity index (χ1v) is 6.06. The quantitative estimate of drug-likeness (QED) is 0.436. The van der Waals surface area contributed by atoms with Gasteiger partial charge in [-0.2, -0.15) is 11.1 Å². The molecule has 0 aromatic heterocycles. The number of hydrogen-bond donors (Lipinski definition) is 0. The Labute approximate surface area is 58.0 Å². The van der Waals surface area contributed by atoms with Crippen molar-refractivity contribution in [3.63, 3.8) is 0 Å². The zero-order valence-electron chi connectivity index (χ0n) is 5.82. The van der Waals surface area contributed by atoms with Crippen LogP contribution < -0.4 is 0 Å². The van der Waals surface area contributed by atoms with Crippen molar-refractivity contribution in [2.24, 2.45) is 0 Å². The van der Waals surface area contributed by atoms with E-state index in [1.165, 1.54) is 12.5 Å². The molecule has 0 spiro atoms. The maximum absolute atomic E-state index is 5.98. The van der Waals surface area contributed by atoms with Crippen molar-refractivity contribution < 1.29 is 0 Å². The van der Waals surface area contributed by atoms with Crippen LogP contribution in [0.3, 0.4) is 0 Å². The van der Waals surface area contributed by atoms with E-state index in [2.05, 4.69) is 25.6 Å². The van der Waals surface area contributed by atoms with Gasteiger partial charge in [0.25, 0.3) is 0 Å². The minimum Gasteiger partial charge on any atom is -0.320 e. The molecule has 0 aromatic carbocycles. The fourth-order valence-corrected chi connectivity index (χ4v) is 2.14. The molecule has 50 valence electrons. The van der Waals surface area contributed by atoms with Gasteiger partial charge < -0.3 is 4.57 Å². The Morgan fingerprint density at radius 1 is 1.50 bits per heavy atom. The first-order chi connectivity index (χ1) is 3.68. The van der Waals surface area contributed by atoms with Crippen molar-refractivity contribution in [1.29, 1.82) is 0 Å². The summed E-state index contributed by atoms with van der Waals surface area (Å²) in [4.78, 5) is 0. The number of halogens is 1. The van der Waals surface area contributed by atoms with Crippen LogP contribution in [0, 0.1) is 0 Å². The van der Waals surface area contributed by atoms with E-state index in [0.717, 1.165) is 0 Å². The lowest BCUT2D eigenvalue weighted by Crippen LogP contribution is -2.26. The second-order valence-electron chi connectivity index (χ2n) is 2.19. The standard InChI is InChI=1S/C5H14ClNSi/c1-4-5-8(6)7(2)3/h8H,4-5H2,1-3H3. The monoisotopic (exact) mass is 151 g/mol. The third-order valence-corrected chi connectivity index (χ3v) is 5.09. The van der Waals surface area contributed by atoms with Crippen LogP contribution in [0.25, 0.3) is 0 Å². The smallest absolute Gasteiger partial charge is 0.213 e. The van der Waals surface area contributed by atoms with Crippen LogP contribution >= 0.6 is 11.1 Å². The van der Waals surface area contributed by atoms with Gasteiger partial charge in [-0.05, 0) is 20.1 Å². The molecular formula is C5H14ClNSi. The Morgan fingerprint density at radius 3 is 2.12 bits per heavy atom. The van der Waals surface area contributed by atoms with Crippen LogP contribution in [0.4, 0.5) is 0 Å². The second-order valence-corrected chi connectivity index (χ2v) is 6.18. The van der Waals surface area contributed by atoms with Crippen LogP contribution in [0.1, 0.15) is 13.3 Å². The molecule has 1 nitrogen and oxygen atoms in total. The van der Waals surface area contributed by atoms with Gasteiger partial charge in [-0.3, -0.25) is 0 Å². The average Bonchev–Trinajstić information content (AvgIpc) is 1.67. The van der Waals surface area contributed by atoms with E-state index >= 15 is 0 Å². The lowest BCUT2D eigenvalue weighted by atomic mass is 10.6. The fraction of sp³-hybridized carbons (Fsp3) is 1.00. The van der Waals surface area contributed by atoms with Gasteiger partial charge in [-0.25, -0.2) is 0 Å². The molecule has 0 saturated carbocycles. The molecule has 1 atom stereocenters. The average molecular weight is 152 g/mol. The molecule has 0 amide bonds. The first kappa shape index (κ1) is 8.47. The van der Waals surface area contributed by atoms with Gasteiger partial charge in [0.2, 0.25) is 8.27 Å². The lowest BCUT2D eigenvalue weighted by molar-refractivity contribution is 0.648. The molecular weight excluding hydrogens is 138 g/mol.